The first-order valence-electron chi connectivity index (χ1n) is 9.04. The van der Waals surface area contributed by atoms with Crippen molar-refractivity contribution in [2.75, 3.05) is 0 Å². The minimum absolute atomic E-state index is 0.270. The number of nitrogens with one attached hydrogen (secondary N) is 1. The SMILES string of the molecule is C=C/C=C(\C=C/CC1(C)CCC(C)CC1)C1NC=C(C)C=C1C. The summed E-state index contributed by atoms with van der Waals surface area (Å²) in [5.74, 6) is 0.914. The summed E-state index contributed by atoms with van der Waals surface area (Å²) >= 11 is 0. The van der Waals surface area contributed by atoms with Crippen molar-refractivity contribution >= 4 is 0 Å². The molecule has 0 radical (unpaired) electrons. The molecular formula is C22H33N. The van der Waals surface area contributed by atoms with Gasteiger partial charge in [-0.1, -0.05) is 63.6 Å². The number of dihydropyridines is 1. The predicted octanol–water partition coefficient (Wildman–Crippen LogP) is 6.08. The van der Waals surface area contributed by atoms with E-state index in [1.165, 1.54) is 48.8 Å². The lowest BCUT2D eigenvalue weighted by Crippen LogP contribution is -2.30. The maximum Gasteiger partial charge on any atom is 0.0722 e. The summed E-state index contributed by atoms with van der Waals surface area (Å²) in [6, 6.07) is 0.270. The normalized spacial score (nSPS) is 32.3. The Hall–Kier alpha value is -1.50. The Morgan fingerprint density at radius 3 is 2.65 bits per heavy atom. The van der Waals surface area contributed by atoms with Crippen LogP contribution in [0.15, 0.2) is 59.9 Å². The van der Waals surface area contributed by atoms with Crippen LogP contribution in [0.4, 0.5) is 0 Å². The summed E-state index contributed by atoms with van der Waals surface area (Å²) < 4.78 is 0. The zero-order chi connectivity index (χ0) is 16.9. The molecule has 2 rings (SSSR count). The number of hydrogen-bond donors (Lipinski definition) is 1. The van der Waals surface area contributed by atoms with Crippen LogP contribution >= 0.6 is 0 Å². The maximum absolute atomic E-state index is 3.88. The Bertz CT molecular complexity index is 536. The van der Waals surface area contributed by atoms with Gasteiger partial charge >= 0.3 is 0 Å². The Morgan fingerprint density at radius 2 is 2.04 bits per heavy atom. The van der Waals surface area contributed by atoms with Crippen LogP contribution < -0.4 is 5.32 Å². The van der Waals surface area contributed by atoms with Crippen LogP contribution in [-0.4, -0.2) is 6.04 Å². The second-order valence-electron chi connectivity index (χ2n) is 7.88. The van der Waals surface area contributed by atoms with Crippen molar-refractivity contribution in [1.82, 2.24) is 5.32 Å². The monoisotopic (exact) mass is 311 g/mol. The van der Waals surface area contributed by atoms with E-state index in [1.54, 1.807) is 0 Å². The van der Waals surface area contributed by atoms with E-state index in [9.17, 15) is 0 Å². The summed E-state index contributed by atoms with van der Waals surface area (Å²) in [6.07, 6.45) is 19.7. The number of rotatable bonds is 5. The average molecular weight is 312 g/mol. The molecule has 1 fully saturated rings. The van der Waals surface area contributed by atoms with Crippen LogP contribution in [0.5, 0.6) is 0 Å². The van der Waals surface area contributed by atoms with Gasteiger partial charge in [0.1, 0.15) is 0 Å². The molecule has 1 aliphatic carbocycles. The number of hydrogen-bond acceptors (Lipinski definition) is 1. The van der Waals surface area contributed by atoms with Crippen LogP contribution in [0.25, 0.3) is 0 Å². The summed E-state index contributed by atoms with van der Waals surface area (Å²) in [5.41, 5.74) is 4.43. The molecule has 0 saturated heterocycles. The van der Waals surface area contributed by atoms with E-state index < -0.39 is 0 Å². The van der Waals surface area contributed by atoms with Gasteiger partial charge in [0.15, 0.2) is 0 Å². The lowest BCUT2D eigenvalue weighted by molar-refractivity contribution is 0.180. The molecule has 1 unspecified atom stereocenters. The predicted molar refractivity (Wildman–Crippen MR) is 102 cm³/mol. The second-order valence-corrected chi connectivity index (χ2v) is 7.88. The third-order valence-corrected chi connectivity index (χ3v) is 5.43. The van der Waals surface area contributed by atoms with E-state index in [-0.39, 0.29) is 6.04 Å². The molecule has 0 aromatic rings. The molecular weight excluding hydrogens is 278 g/mol. The van der Waals surface area contributed by atoms with Crippen molar-refractivity contribution in [1.29, 1.82) is 0 Å². The molecule has 0 aromatic heterocycles. The van der Waals surface area contributed by atoms with E-state index in [4.69, 9.17) is 0 Å². The highest BCUT2D eigenvalue weighted by molar-refractivity contribution is 5.41. The van der Waals surface area contributed by atoms with Crippen LogP contribution in [0.3, 0.4) is 0 Å². The fraction of sp³-hybridized carbons (Fsp3) is 0.545. The van der Waals surface area contributed by atoms with E-state index in [0.29, 0.717) is 5.41 Å². The highest BCUT2D eigenvalue weighted by Gasteiger charge is 2.28. The first-order valence-corrected chi connectivity index (χ1v) is 9.04. The van der Waals surface area contributed by atoms with Gasteiger partial charge in [0, 0.05) is 6.20 Å². The van der Waals surface area contributed by atoms with E-state index in [1.807, 2.05) is 6.08 Å². The lowest BCUT2D eigenvalue weighted by Gasteiger charge is -2.35. The minimum atomic E-state index is 0.270. The van der Waals surface area contributed by atoms with Gasteiger partial charge in [0.2, 0.25) is 0 Å². The van der Waals surface area contributed by atoms with E-state index >= 15 is 0 Å². The van der Waals surface area contributed by atoms with Crippen molar-refractivity contribution in [2.24, 2.45) is 11.3 Å². The molecule has 1 N–H and O–H groups in total. The smallest absolute Gasteiger partial charge is 0.0722 e. The largest absolute Gasteiger partial charge is 0.380 e. The summed E-state index contributed by atoms with van der Waals surface area (Å²) in [5, 5.41) is 3.51. The topological polar surface area (TPSA) is 12.0 Å². The second kappa shape index (κ2) is 7.86. The molecule has 1 heteroatoms. The van der Waals surface area contributed by atoms with Gasteiger partial charge < -0.3 is 5.32 Å². The molecule has 126 valence electrons. The van der Waals surface area contributed by atoms with Gasteiger partial charge in [-0.15, -0.1) is 0 Å². The first kappa shape index (κ1) is 17.8. The zero-order valence-corrected chi connectivity index (χ0v) is 15.4. The highest BCUT2D eigenvalue weighted by Crippen LogP contribution is 2.41. The molecule has 0 spiro atoms. The first-order chi connectivity index (χ1) is 10.9. The summed E-state index contributed by atoms with van der Waals surface area (Å²) in [6.45, 7) is 13.1. The van der Waals surface area contributed by atoms with Crippen molar-refractivity contribution in [2.45, 2.75) is 65.8 Å². The lowest BCUT2D eigenvalue weighted by atomic mass is 9.70. The van der Waals surface area contributed by atoms with Gasteiger partial charge in [0.05, 0.1) is 6.04 Å². The van der Waals surface area contributed by atoms with Gasteiger partial charge in [-0.25, -0.2) is 0 Å². The summed E-state index contributed by atoms with van der Waals surface area (Å²) in [4.78, 5) is 0. The number of allylic oxidation sites excluding steroid dienone is 5. The molecule has 1 atom stereocenters. The van der Waals surface area contributed by atoms with Crippen LogP contribution in [-0.2, 0) is 0 Å². The van der Waals surface area contributed by atoms with Crippen LogP contribution in [0.2, 0.25) is 0 Å². The van der Waals surface area contributed by atoms with E-state index in [2.05, 4.69) is 70.1 Å². The Balaban J connectivity index is 2.02. The van der Waals surface area contributed by atoms with Gasteiger partial charge in [0.25, 0.3) is 0 Å². The molecule has 1 saturated carbocycles. The molecule has 1 aliphatic heterocycles. The van der Waals surface area contributed by atoms with Crippen LogP contribution in [0.1, 0.15) is 59.8 Å². The summed E-state index contributed by atoms with van der Waals surface area (Å²) in [7, 11) is 0. The molecule has 0 amide bonds. The highest BCUT2D eigenvalue weighted by atomic mass is 14.9. The van der Waals surface area contributed by atoms with Crippen molar-refractivity contribution in [3.05, 3.63) is 59.9 Å². The Labute approximate surface area is 142 Å². The quantitative estimate of drug-likeness (QED) is 0.606. The Kier molecular flexibility index (Phi) is 6.10. The fourth-order valence-electron chi connectivity index (χ4n) is 3.72. The third-order valence-electron chi connectivity index (χ3n) is 5.43. The van der Waals surface area contributed by atoms with Crippen molar-refractivity contribution in [3.63, 3.8) is 0 Å². The molecule has 0 bridgehead atoms. The van der Waals surface area contributed by atoms with Gasteiger partial charge in [-0.2, -0.15) is 0 Å². The van der Waals surface area contributed by atoms with E-state index in [0.717, 1.165) is 5.92 Å². The molecule has 0 aromatic carbocycles. The minimum Gasteiger partial charge on any atom is -0.380 e. The van der Waals surface area contributed by atoms with Crippen molar-refractivity contribution in [3.8, 4) is 0 Å². The standard InChI is InChI=1S/C22H33N/c1-6-8-20(21-19(4)15-18(3)16-23-21)9-7-12-22(5)13-10-17(2)11-14-22/h6-9,15-17,21,23H,1,10-14H2,2-5H3/b9-7-,20-8+. The van der Waals surface area contributed by atoms with Gasteiger partial charge in [-0.3, -0.25) is 0 Å². The molecule has 1 heterocycles. The van der Waals surface area contributed by atoms with Gasteiger partial charge in [-0.05, 0) is 61.2 Å². The fourth-order valence-corrected chi connectivity index (χ4v) is 3.72. The molecule has 23 heavy (non-hydrogen) atoms. The van der Waals surface area contributed by atoms with Crippen LogP contribution in [0, 0.1) is 11.3 Å². The average Bonchev–Trinajstić information content (AvgIpc) is 2.50. The molecule has 2 aliphatic rings. The van der Waals surface area contributed by atoms with Crippen molar-refractivity contribution < 1.29 is 0 Å². The molecule has 1 nitrogen and oxygen atoms in total. The Morgan fingerprint density at radius 1 is 1.35 bits per heavy atom. The zero-order valence-electron chi connectivity index (χ0n) is 15.4. The maximum atomic E-state index is 3.88. The third kappa shape index (κ3) is 4.99.